The normalized spacial score (nSPS) is 28.9. The summed E-state index contributed by atoms with van der Waals surface area (Å²) in [6.07, 6.45) is 13.7. The zero-order valence-electron chi connectivity index (χ0n) is 6.55. The first-order valence-electron chi connectivity index (χ1n) is 3.70. The van der Waals surface area contributed by atoms with E-state index in [4.69, 9.17) is 0 Å². The number of halogens is 1. The molecule has 58 valence electrons. The van der Waals surface area contributed by atoms with Crippen molar-refractivity contribution in [2.24, 2.45) is 0 Å². The van der Waals surface area contributed by atoms with Crippen molar-refractivity contribution in [3.63, 3.8) is 0 Å². The zero-order chi connectivity index (χ0) is 8.10. The average molecular weight is 211 g/mol. The molecule has 0 nitrogen and oxygen atoms in total. The Balaban J connectivity index is 2.94. The van der Waals surface area contributed by atoms with Crippen LogP contribution in [0.25, 0.3) is 0 Å². The van der Waals surface area contributed by atoms with Crippen molar-refractivity contribution >= 4 is 15.9 Å². The topological polar surface area (TPSA) is 0 Å². The van der Waals surface area contributed by atoms with E-state index in [0.29, 0.717) is 0 Å². The molecule has 1 aliphatic carbocycles. The Hall–Kier alpha value is -0.560. The van der Waals surface area contributed by atoms with Gasteiger partial charge < -0.3 is 0 Å². The third kappa shape index (κ3) is 2.51. The van der Waals surface area contributed by atoms with Gasteiger partial charge in [-0.3, -0.25) is 0 Å². The molecular formula is C10H11Br. The first-order valence-corrected chi connectivity index (χ1v) is 4.49. The molecule has 0 saturated heterocycles. The van der Waals surface area contributed by atoms with Crippen LogP contribution in [0.3, 0.4) is 0 Å². The number of hydrogen-bond donors (Lipinski definition) is 0. The molecule has 0 aliphatic heterocycles. The predicted molar refractivity (Wildman–Crippen MR) is 53.7 cm³/mol. The summed E-state index contributed by atoms with van der Waals surface area (Å²) in [6.45, 7) is 2.04. The van der Waals surface area contributed by atoms with Crippen molar-refractivity contribution in [1.29, 1.82) is 0 Å². The highest BCUT2D eigenvalue weighted by Gasteiger charge is 1.95. The standard InChI is InChI=1S/C10H11Br/c1-2-9-7-5-3-4-6-8-10(9)11/h2,4-8H,3H2,1H3/b6-4-,7-5?,9-2?,10-8+. The van der Waals surface area contributed by atoms with Crippen LogP contribution in [0.1, 0.15) is 13.3 Å². The van der Waals surface area contributed by atoms with Gasteiger partial charge in [0.2, 0.25) is 0 Å². The van der Waals surface area contributed by atoms with Crippen LogP contribution in [0, 0.1) is 0 Å². The van der Waals surface area contributed by atoms with Crippen LogP contribution in [-0.4, -0.2) is 0 Å². The maximum absolute atomic E-state index is 3.49. The summed E-state index contributed by atoms with van der Waals surface area (Å²) in [7, 11) is 0. The van der Waals surface area contributed by atoms with E-state index in [2.05, 4.69) is 52.4 Å². The van der Waals surface area contributed by atoms with Gasteiger partial charge >= 0.3 is 0 Å². The summed E-state index contributed by atoms with van der Waals surface area (Å²) in [4.78, 5) is 0. The third-order valence-corrected chi connectivity index (χ3v) is 2.26. The van der Waals surface area contributed by atoms with E-state index in [0.717, 1.165) is 10.9 Å². The van der Waals surface area contributed by atoms with E-state index < -0.39 is 0 Å². The van der Waals surface area contributed by atoms with Crippen LogP contribution in [0.15, 0.2) is 46.5 Å². The molecule has 0 saturated carbocycles. The lowest BCUT2D eigenvalue weighted by atomic mass is 10.1. The van der Waals surface area contributed by atoms with Crippen molar-refractivity contribution in [2.45, 2.75) is 13.3 Å². The minimum absolute atomic E-state index is 1.02. The molecular weight excluding hydrogens is 200 g/mol. The van der Waals surface area contributed by atoms with Gasteiger partial charge in [-0.15, -0.1) is 0 Å². The molecule has 0 aromatic carbocycles. The van der Waals surface area contributed by atoms with Crippen molar-refractivity contribution < 1.29 is 0 Å². The van der Waals surface area contributed by atoms with Gasteiger partial charge in [-0.2, -0.15) is 0 Å². The van der Waals surface area contributed by atoms with Crippen molar-refractivity contribution in [3.05, 3.63) is 46.5 Å². The van der Waals surface area contributed by atoms with Gasteiger partial charge in [-0.1, -0.05) is 46.3 Å². The predicted octanol–water partition coefficient (Wildman–Crippen LogP) is 3.73. The van der Waals surface area contributed by atoms with Gasteiger partial charge in [0.1, 0.15) is 0 Å². The summed E-state index contributed by atoms with van der Waals surface area (Å²) in [5, 5.41) is 0. The molecule has 1 aliphatic rings. The SMILES string of the molecule is CC=C1C=CC/C=C\C=C/1Br. The lowest BCUT2D eigenvalue weighted by molar-refractivity contribution is 1.37. The van der Waals surface area contributed by atoms with E-state index in [1.54, 1.807) is 0 Å². The van der Waals surface area contributed by atoms with Gasteiger partial charge in [0.25, 0.3) is 0 Å². The van der Waals surface area contributed by atoms with Gasteiger partial charge in [0.05, 0.1) is 0 Å². The Morgan fingerprint density at radius 1 is 1.45 bits per heavy atom. The maximum Gasteiger partial charge on any atom is 0.0244 e. The molecule has 1 rings (SSSR count). The van der Waals surface area contributed by atoms with Crippen molar-refractivity contribution in [1.82, 2.24) is 0 Å². The summed E-state index contributed by atoms with van der Waals surface area (Å²) in [5.41, 5.74) is 1.24. The second-order valence-corrected chi connectivity index (χ2v) is 3.18. The van der Waals surface area contributed by atoms with E-state index in [-0.39, 0.29) is 0 Å². The van der Waals surface area contributed by atoms with Crippen molar-refractivity contribution in [3.8, 4) is 0 Å². The van der Waals surface area contributed by atoms with Gasteiger partial charge in [0, 0.05) is 4.48 Å². The second-order valence-electron chi connectivity index (χ2n) is 2.32. The maximum atomic E-state index is 3.49. The van der Waals surface area contributed by atoms with E-state index in [1.165, 1.54) is 5.57 Å². The quantitative estimate of drug-likeness (QED) is 0.572. The van der Waals surface area contributed by atoms with Crippen LogP contribution in [0.4, 0.5) is 0 Å². The minimum Gasteiger partial charge on any atom is -0.0807 e. The average Bonchev–Trinajstić information content (AvgIpc) is 1.98. The van der Waals surface area contributed by atoms with E-state index >= 15 is 0 Å². The first kappa shape index (κ1) is 8.54. The number of rotatable bonds is 0. The highest BCUT2D eigenvalue weighted by atomic mass is 79.9. The summed E-state index contributed by atoms with van der Waals surface area (Å²) >= 11 is 3.49. The zero-order valence-corrected chi connectivity index (χ0v) is 8.14. The molecule has 0 heterocycles. The van der Waals surface area contributed by atoms with Crippen LogP contribution in [-0.2, 0) is 0 Å². The highest BCUT2D eigenvalue weighted by molar-refractivity contribution is 9.12. The van der Waals surface area contributed by atoms with Crippen LogP contribution in [0.5, 0.6) is 0 Å². The number of allylic oxidation sites excluding steroid dienone is 8. The Kier molecular flexibility index (Phi) is 3.37. The van der Waals surface area contributed by atoms with Crippen LogP contribution < -0.4 is 0 Å². The Morgan fingerprint density at radius 3 is 3.00 bits per heavy atom. The smallest absolute Gasteiger partial charge is 0.0244 e. The number of hydrogen-bond acceptors (Lipinski definition) is 0. The molecule has 0 fully saturated rings. The third-order valence-electron chi connectivity index (χ3n) is 1.53. The van der Waals surface area contributed by atoms with Gasteiger partial charge in [0.15, 0.2) is 0 Å². The van der Waals surface area contributed by atoms with Gasteiger partial charge in [-0.25, -0.2) is 0 Å². The molecule has 0 bridgehead atoms. The van der Waals surface area contributed by atoms with Crippen LogP contribution in [0.2, 0.25) is 0 Å². The van der Waals surface area contributed by atoms with Gasteiger partial charge in [-0.05, 0) is 25.0 Å². The fourth-order valence-corrected chi connectivity index (χ4v) is 1.43. The molecule has 0 amide bonds. The minimum atomic E-state index is 1.02. The highest BCUT2D eigenvalue weighted by Crippen LogP contribution is 2.19. The Bertz CT molecular complexity index is 242. The van der Waals surface area contributed by atoms with Crippen molar-refractivity contribution in [2.75, 3.05) is 0 Å². The lowest BCUT2D eigenvalue weighted by Crippen LogP contribution is -1.78. The molecule has 0 atom stereocenters. The largest absolute Gasteiger partial charge is 0.0807 e. The first-order chi connectivity index (χ1) is 5.34. The molecule has 0 unspecified atom stereocenters. The lowest BCUT2D eigenvalue weighted by Gasteiger charge is -1.99. The molecule has 0 aromatic heterocycles. The summed E-state index contributed by atoms with van der Waals surface area (Å²) in [6, 6.07) is 0. The fourth-order valence-electron chi connectivity index (χ4n) is 0.915. The van der Waals surface area contributed by atoms with E-state index in [1.807, 2.05) is 6.92 Å². The fraction of sp³-hybridized carbons (Fsp3) is 0.200. The molecule has 0 spiro atoms. The van der Waals surface area contributed by atoms with Crippen LogP contribution >= 0.6 is 15.9 Å². The Labute approximate surface area is 76.1 Å². The van der Waals surface area contributed by atoms with E-state index in [9.17, 15) is 0 Å². The Morgan fingerprint density at radius 2 is 2.27 bits per heavy atom. The molecule has 1 heteroatoms. The summed E-state index contributed by atoms with van der Waals surface area (Å²) < 4.78 is 1.15. The molecule has 0 N–H and O–H groups in total. The summed E-state index contributed by atoms with van der Waals surface area (Å²) in [5.74, 6) is 0. The molecule has 0 radical (unpaired) electrons. The molecule has 11 heavy (non-hydrogen) atoms. The molecule has 0 aromatic rings. The monoisotopic (exact) mass is 210 g/mol. The second kappa shape index (κ2) is 4.35.